The van der Waals surface area contributed by atoms with Crippen molar-refractivity contribution in [1.29, 1.82) is 0 Å². The van der Waals surface area contributed by atoms with E-state index in [0.29, 0.717) is 12.8 Å². The predicted octanol–water partition coefficient (Wildman–Crippen LogP) is 5.37. The predicted molar refractivity (Wildman–Crippen MR) is 234 cm³/mol. The molecular formula is C47H82O15. The number of hydrogen-bond donors (Lipinski definition) is 7. The molecule has 11 atom stereocenters. The van der Waals surface area contributed by atoms with Crippen LogP contribution in [-0.2, 0) is 38.0 Å². The molecule has 2 aliphatic heterocycles. The summed E-state index contributed by atoms with van der Waals surface area (Å²) in [5.41, 5.74) is 0. The fourth-order valence-electron chi connectivity index (χ4n) is 7.23. The van der Waals surface area contributed by atoms with Crippen LogP contribution in [0.1, 0.15) is 155 Å². The molecule has 0 aromatic heterocycles. The number of hydrogen-bond acceptors (Lipinski definition) is 15. The van der Waals surface area contributed by atoms with Gasteiger partial charge in [0.25, 0.3) is 0 Å². The molecule has 2 rings (SSSR count). The first-order chi connectivity index (χ1) is 30.0. The van der Waals surface area contributed by atoms with Gasteiger partial charge in [0.05, 0.1) is 19.8 Å². The largest absolute Gasteiger partial charge is 0.462 e. The van der Waals surface area contributed by atoms with Gasteiger partial charge in [-0.1, -0.05) is 134 Å². The lowest BCUT2D eigenvalue weighted by Gasteiger charge is -2.42. The molecular weight excluding hydrogens is 805 g/mol. The third-order valence-electron chi connectivity index (χ3n) is 11.1. The number of esters is 2. The first kappa shape index (κ1) is 55.9. The Bertz CT molecular complexity index is 1230. The number of aliphatic hydroxyl groups excluding tert-OH is 7. The number of rotatable bonds is 35. The molecule has 0 radical (unpaired) electrons. The Morgan fingerprint density at radius 1 is 0.532 bits per heavy atom. The molecule has 0 saturated carbocycles. The molecule has 2 aliphatic rings. The molecule has 2 heterocycles. The number of carbonyl (C=O) groups is 2. The van der Waals surface area contributed by atoms with Crippen LogP contribution in [0.25, 0.3) is 0 Å². The average Bonchev–Trinajstić information content (AvgIpc) is 3.26. The van der Waals surface area contributed by atoms with E-state index in [9.17, 15) is 45.3 Å². The monoisotopic (exact) mass is 887 g/mol. The number of aliphatic hydroxyl groups is 7. The Morgan fingerprint density at radius 2 is 1.02 bits per heavy atom. The van der Waals surface area contributed by atoms with Crippen LogP contribution < -0.4 is 0 Å². The van der Waals surface area contributed by atoms with Crippen LogP contribution in [-0.4, -0.2) is 142 Å². The number of unbranched alkanes of at least 4 members (excludes halogenated alkanes) is 15. The number of carbonyl (C=O) groups excluding carboxylic acids is 2. The van der Waals surface area contributed by atoms with E-state index in [2.05, 4.69) is 50.3 Å². The maximum absolute atomic E-state index is 12.9. The summed E-state index contributed by atoms with van der Waals surface area (Å²) in [5, 5.41) is 71.9. The highest BCUT2D eigenvalue weighted by Gasteiger charge is 2.47. The topological polar surface area (TPSA) is 231 Å². The Kier molecular flexibility index (Phi) is 31.6. The van der Waals surface area contributed by atoms with Crippen molar-refractivity contribution in [3.8, 4) is 0 Å². The third kappa shape index (κ3) is 23.6. The quantitative estimate of drug-likeness (QED) is 0.0241. The zero-order valence-corrected chi connectivity index (χ0v) is 37.6. The highest BCUT2D eigenvalue weighted by atomic mass is 16.7. The van der Waals surface area contributed by atoms with Crippen molar-refractivity contribution in [3.05, 3.63) is 36.5 Å². The molecule has 7 N–H and O–H groups in total. The fraction of sp³-hybridized carbons (Fsp3) is 0.830. The molecule has 0 bridgehead atoms. The van der Waals surface area contributed by atoms with Crippen molar-refractivity contribution < 1.29 is 73.8 Å². The van der Waals surface area contributed by atoms with E-state index in [1.807, 2.05) is 0 Å². The van der Waals surface area contributed by atoms with Gasteiger partial charge in [0, 0.05) is 12.8 Å². The second-order valence-electron chi connectivity index (χ2n) is 16.6. The van der Waals surface area contributed by atoms with Crippen LogP contribution in [0.15, 0.2) is 36.5 Å². The molecule has 15 nitrogen and oxygen atoms in total. The van der Waals surface area contributed by atoms with Gasteiger partial charge in [-0.3, -0.25) is 9.59 Å². The lowest BCUT2D eigenvalue weighted by Crippen LogP contribution is -2.61. The summed E-state index contributed by atoms with van der Waals surface area (Å²) in [6.07, 6.45) is 17.6. The highest BCUT2D eigenvalue weighted by Crippen LogP contribution is 2.26. The van der Waals surface area contributed by atoms with Crippen LogP contribution in [0.3, 0.4) is 0 Å². The lowest BCUT2D eigenvalue weighted by atomic mass is 9.98. The fourth-order valence-corrected chi connectivity index (χ4v) is 7.23. The van der Waals surface area contributed by atoms with Gasteiger partial charge in [-0.2, -0.15) is 0 Å². The van der Waals surface area contributed by atoms with Crippen molar-refractivity contribution >= 4 is 11.9 Å². The summed E-state index contributed by atoms with van der Waals surface area (Å²) in [6, 6.07) is 0. The average molecular weight is 887 g/mol. The second kappa shape index (κ2) is 35.0. The summed E-state index contributed by atoms with van der Waals surface area (Å²) < 4.78 is 33.4. The van der Waals surface area contributed by atoms with Gasteiger partial charge in [0.15, 0.2) is 18.7 Å². The second-order valence-corrected chi connectivity index (χ2v) is 16.6. The van der Waals surface area contributed by atoms with E-state index in [0.717, 1.165) is 70.6 Å². The van der Waals surface area contributed by atoms with Crippen molar-refractivity contribution in [1.82, 2.24) is 0 Å². The van der Waals surface area contributed by atoms with Crippen LogP contribution in [0.2, 0.25) is 0 Å². The molecule has 0 spiro atoms. The van der Waals surface area contributed by atoms with Gasteiger partial charge >= 0.3 is 11.9 Å². The van der Waals surface area contributed by atoms with Crippen molar-refractivity contribution in [2.75, 3.05) is 26.4 Å². The summed E-state index contributed by atoms with van der Waals surface area (Å²) >= 11 is 0. The SMILES string of the molecule is CC/C=C\C/C=C\C/C=C\CCCCCCCC(=O)OC[C@@H](CO[C@@H]1O[C@H](CO[C@H]2O[C@H](CO)[C@H](O)[C@H](O)[C@H]2O)[C@H](O)[C@H](O)[C@H]1O)OC(=O)CCCCCCCCCCCCC. The van der Waals surface area contributed by atoms with Gasteiger partial charge in [-0.15, -0.1) is 0 Å². The van der Waals surface area contributed by atoms with Crippen LogP contribution in [0.4, 0.5) is 0 Å². The molecule has 0 aliphatic carbocycles. The summed E-state index contributed by atoms with van der Waals surface area (Å²) in [4.78, 5) is 25.6. The smallest absolute Gasteiger partial charge is 0.306 e. The molecule has 360 valence electrons. The van der Waals surface area contributed by atoms with Crippen LogP contribution in [0.5, 0.6) is 0 Å². The molecule has 0 unspecified atom stereocenters. The normalized spacial score (nSPS) is 27.4. The Hall–Kier alpha value is -2.28. The molecule has 2 fully saturated rings. The third-order valence-corrected chi connectivity index (χ3v) is 11.1. The van der Waals surface area contributed by atoms with E-state index in [1.54, 1.807) is 0 Å². The molecule has 0 aromatic carbocycles. The van der Waals surface area contributed by atoms with E-state index in [1.165, 1.54) is 44.9 Å². The maximum atomic E-state index is 12.9. The first-order valence-electron chi connectivity index (χ1n) is 23.6. The van der Waals surface area contributed by atoms with Gasteiger partial charge in [0.1, 0.15) is 55.4 Å². The van der Waals surface area contributed by atoms with Gasteiger partial charge in [-0.25, -0.2) is 0 Å². The van der Waals surface area contributed by atoms with E-state index >= 15 is 0 Å². The van der Waals surface area contributed by atoms with E-state index in [-0.39, 0.29) is 26.1 Å². The molecule has 62 heavy (non-hydrogen) atoms. The Balaban J connectivity index is 1.84. The first-order valence-corrected chi connectivity index (χ1v) is 23.6. The standard InChI is InChI=1S/C47H82O15/c1-3-5-7-9-11-13-15-16-17-18-20-21-23-25-27-29-38(49)57-32-35(60-39(50)30-28-26-24-22-19-14-12-10-8-6-4-2)33-58-46-45(56)43(54)41(52)37(62-46)34-59-47-44(55)42(53)40(51)36(31-48)61-47/h5,7,11,13,16-17,35-37,40-48,51-56H,3-4,6,8-10,12,14-15,18-34H2,1-2H3/b7-5-,13-11-,17-16-/t35-,36+,37+,40-,41-,42-,43-,44+,45+,46+,47-/m0/s1. The van der Waals surface area contributed by atoms with Gasteiger partial charge in [-0.05, 0) is 44.9 Å². The lowest BCUT2D eigenvalue weighted by molar-refractivity contribution is -0.332. The zero-order valence-electron chi connectivity index (χ0n) is 37.6. The highest BCUT2D eigenvalue weighted by molar-refractivity contribution is 5.70. The van der Waals surface area contributed by atoms with E-state index < -0.39 is 92.7 Å². The van der Waals surface area contributed by atoms with Crippen molar-refractivity contribution in [2.45, 2.75) is 223 Å². The van der Waals surface area contributed by atoms with Crippen LogP contribution in [0, 0.1) is 0 Å². The van der Waals surface area contributed by atoms with Crippen molar-refractivity contribution in [2.24, 2.45) is 0 Å². The summed E-state index contributed by atoms with van der Waals surface area (Å²) in [7, 11) is 0. The maximum Gasteiger partial charge on any atom is 0.306 e. The minimum Gasteiger partial charge on any atom is -0.462 e. The van der Waals surface area contributed by atoms with E-state index in [4.69, 9.17) is 28.4 Å². The summed E-state index contributed by atoms with van der Waals surface area (Å²) in [5.74, 6) is -0.946. The number of allylic oxidation sites excluding steroid dienone is 6. The van der Waals surface area contributed by atoms with Gasteiger partial charge < -0.3 is 64.2 Å². The van der Waals surface area contributed by atoms with Crippen molar-refractivity contribution in [3.63, 3.8) is 0 Å². The molecule has 15 heteroatoms. The number of ether oxygens (including phenoxy) is 6. The zero-order chi connectivity index (χ0) is 45.4. The minimum absolute atomic E-state index is 0.163. The van der Waals surface area contributed by atoms with Gasteiger partial charge in [0.2, 0.25) is 0 Å². The molecule has 0 aromatic rings. The molecule has 2 saturated heterocycles. The Labute approximate surface area is 370 Å². The minimum atomic E-state index is -1.76. The summed E-state index contributed by atoms with van der Waals surface area (Å²) in [6.45, 7) is 2.43. The Morgan fingerprint density at radius 3 is 1.60 bits per heavy atom. The van der Waals surface area contributed by atoms with Crippen LogP contribution >= 0.6 is 0 Å². The molecule has 0 amide bonds.